The predicted octanol–water partition coefficient (Wildman–Crippen LogP) is 2.65. The predicted molar refractivity (Wildman–Crippen MR) is 67.0 cm³/mol. The Kier molecular flexibility index (Phi) is 3.85. The van der Waals surface area contributed by atoms with Crippen LogP contribution in [0.25, 0.3) is 0 Å². The maximum atomic E-state index is 5.89. The number of halogens is 1. The molecule has 1 aromatic carbocycles. The van der Waals surface area contributed by atoms with Gasteiger partial charge in [-0.1, -0.05) is 23.7 Å². The number of hydrogen-bond acceptors (Lipinski definition) is 2. The van der Waals surface area contributed by atoms with Crippen LogP contribution in [0.2, 0.25) is 5.02 Å². The molecule has 0 saturated carbocycles. The highest BCUT2D eigenvalue weighted by atomic mass is 35.5. The number of nitrogens with one attached hydrogen (secondary N) is 1. The summed E-state index contributed by atoms with van der Waals surface area (Å²) in [6, 6.07) is 8.13. The van der Waals surface area contributed by atoms with Crippen LogP contribution in [0.15, 0.2) is 24.3 Å². The molecule has 0 aliphatic carbocycles. The summed E-state index contributed by atoms with van der Waals surface area (Å²) in [4.78, 5) is 0. The molecule has 0 spiro atoms. The van der Waals surface area contributed by atoms with Crippen molar-refractivity contribution in [3.63, 3.8) is 0 Å². The SMILES string of the molecule is CNC1(Cc2ccc(Cl)cc2)CCOCC1. The third kappa shape index (κ3) is 2.76. The molecule has 3 heteroatoms. The zero-order valence-electron chi connectivity index (χ0n) is 9.63. The number of ether oxygens (including phenoxy) is 1. The summed E-state index contributed by atoms with van der Waals surface area (Å²) in [5, 5.41) is 4.27. The highest BCUT2D eigenvalue weighted by Gasteiger charge is 2.30. The molecule has 0 aromatic heterocycles. The Morgan fingerprint density at radius 1 is 1.25 bits per heavy atom. The zero-order valence-corrected chi connectivity index (χ0v) is 10.4. The number of rotatable bonds is 3. The van der Waals surface area contributed by atoms with E-state index in [4.69, 9.17) is 16.3 Å². The van der Waals surface area contributed by atoms with Crippen molar-refractivity contribution in [2.24, 2.45) is 0 Å². The minimum absolute atomic E-state index is 0.200. The van der Waals surface area contributed by atoms with E-state index < -0.39 is 0 Å². The molecule has 1 aliphatic heterocycles. The topological polar surface area (TPSA) is 21.3 Å². The Morgan fingerprint density at radius 3 is 2.44 bits per heavy atom. The third-order valence-corrected chi connectivity index (χ3v) is 3.69. The molecular weight excluding hydrogens is 222 g/mol. The molecule has 1 saturated heterocycles. The first kappa shape index (κ1) is 11.9. The summed E-state index contributed by atoms with van der Waals surface area (Å²) in [6.07, 6.45) is 3.20. The Morgan fingerprint density at radius 2 is 1.88 bits per heavy atom. The molecule has 0 bridgehead atoms. The van der Waals surface area contributed by atoms with Gasteiger partial charge in [-0.05, 0) is 44.0 Å². The van der Waals surface area contributed by atoms with Crippen LogP contribution in [0.3, 0.4) is 0 Å². The van der Waals surface area contributed by atoms with Crippen LogP contribution in [0.4, 0.5) is 0 Å². The lowest BCUT2D eigenvalue weighted by molar-refractivity contribution is 0.0413. The van der Waals surface area contributed by atoms with Gasteiger partial charge in [0.2, 0.25) is 0 Å². The molecule has 1 aliphatic rings. The van der Waals surface area contributed by atoms with Crippen LogP contribution < -0.4 is 5.32 Å². The number of hydrogen-bond donors (Lipinski definition) is 1. The minimum Gasteiger partial charge on any atom is -0.381 e. The molecule has 1 fully saturated rings. The molecule has 0 amide bonds. The van der Waals surface area contributed by atoms with Crippen molar-refractivity contribution in [2.75, 3.05) is 20.3 Å². The Balaban J connectivity index is 2.08. The quantitative estimate of drug-likeness (QED) is 0.876. The van der Waals surface area contributed by atoms with Gasteiger partial charge >= 0.3 is 0 Å². The molecule has 88 valence electrons. The van der Waals surface area contributed by atoms with Gasteiger partial charge in [-0.15, -0.1) is 0 Å². The van der Waals surface area contributed by atoms with Gasteiger partial charge in [-0.25, -0.2) is 0 Å². The van der Waals surface area contributed by atoms with Gasteiger partial charge in [-0.2, -0.15) is 0 Å². The lowest BCUT2D eigenvalue weighted by Gasteiger charge is -2.37. The van der Waals surface area contributed by atoms with Crippen molar-refractivity contribution in [1.29, 1.82) is 0 Å². The van der Waals surface area contributed by atoms with E-state index in [0.717, 1.165) is 37.5 Å². The van der Waals surface area contributed by atoms with Crippen LogP contribution in [0.5, 0.6) is 0 Å². The summed E-state index contributed by atoms with van der Waals surface area (Å²) in [6.45, 7) is 1.71. The highest BCUT2D eigenvalue weighted by Crippen LogP contribution is 2.25. The molecule has 1 N–H and O–H groups in total. The molecule has 2 nitrogen and oxygen atoms in total. The Bertz CT molecular complexity index is 330. The van der Waals surface area contributed by atoms with E-state index in [1.807, 2.05) is 19.2 Å². The maximum absolute atomic E-state index is 5.89. The highest BCUT2D eigenvalue weighted by molar-refractivity contribution is 6.30. The first-order valence-corrected chi connectivity index (χ1v) is 6.13. The summed E-state index contributed by atoms with van der Waals surface area (Å²) in [5.74, 6) is 0. The van der Waals surface area contributed by atoms with Crippen molar-refractivity contribution in [3.05, 3.63) is 34.9 Å². The van der Waals surface area contributed by atoms with Crippen LogP contribution in [-0.4, -0.2) is 25.8 Å². The molecular formula is C13H18ClNO. The Hall–Kier alpha value is -0.570. The fourth-order valence-corrected chi connectivity index (χ4v) is 2.40. The van der Waals surface area contributed by atoms with E-state index in [2.05, 4.69) is 17.4 Å². The lowest BCUT2D eigenvalue weighted by atomic mass is 9.84. The average Bonchev–Trinajstić information content (AvgIpc) is 2.33. The van der Waals surface area contributed by atoms with Gasteiger partial charge in [0, 0.05) is 23.8 Å². The van der Waals surface area contributed by atoms with Crippen molar-refractivity contribution >= 4 is 11.6 Å². The molecule has 0 atom stereocenters. The van der Waals surface area contributed by atoms with Crippen molar-refractivity contribution in [2.45, 2.75) is 24.8 Å². The average molecular weight is 240 g/mol. The zero-order chi connectivity index (χ0) is 11.4. The third-order valence-electron chi connectivity index (χ3n) is 3.44. The van der Waals surface area contributed by atoms with Crippen LogP contribution in [0, 0.1) is 0 Å². The van der Waals surface area contributed by atoms with Gasteiger partial charge in [0.05, 0.1) is 0 Å². The minimum atomic E-state index is 0.200. The molecule has 2 rings (SSSR count). The monoisotopic (exact) mass is 239 g/mol. The van der Waals surface area contributed by atoms with Gasteiger partial charge in [0.15, 0.2) is 0 Å². The van der Waals surface area contributed by atoms with Crippen LogP contribution >= 0.6 is 11.6 Å². The van der Waals surface area contributed by atoms with E-state index in [1.165, 1.54) is 5.56 Å². The van der Waals surface area contributed by atoms with Crippen molar-refractivity contribution in [1.82, 2.24) is 5.32 Å². The maximum Gasteiger partial charge on any atom is 0.0483 e. The van der Waals surface area contributed by atoms with Crippen molar-refractivity contribution < 1.29 is 4.74 Å². The molecule has 0 radical (unpaired) electrons. The first-order chi connectivity index (χ1) is 7.74. The molecule has 1 aromatic rings. The second-order valence-corrected chi connectivity index (χ2v) is 4.88. The molecule has 16 heavy (non-hydrogen) atoms. The van der Waals surface area contributed by atoms with E-state index in [1.54, 1.807) is 0 Å². The lowest BCUT2D eigenvalue weighted by Crippen LogP contribution is -2.49. The summed E-state index contributed by atoms with van der Waals surface area (Å²) in [5.41, 5.74) is 1.53. The fraction of sp³-hybridized carbons (Fsp3) is 0.538. The van der Waals surface area contributed by atoms with Crippen molar-refractivity contribution in [3.8, 4) is 0 Å². The van der Waals surface area contributed by atoms with Crippen LogP contribution in [0.1, 0.15) is 18.4 Å². The number of benzene rings is 1. The van der Waals surface area contributed by atoms with Gasteiger partial charge in [0.25, 0.3) is 0 Å². The summed E-state index contributed by atoms with van der Waals surface area (Å²) < 4.78 is 5.42. The standard InChI is InChI=1S/C13H18ClNO/c1-15-13(6-8-16-9-7-13)10-11-2-4-12(14)5-3-11/h2-5,15H,6-10H2,1H3. The van der Waals surface area contributed by atoms with Gasteiger partial charge in [0.1, 0.15) is 0 Å². The van der Waals surface area contributed by atoms with Gasteiger partial charge in [-0.3, -0.25) is 0 Å². The molecule has 0 unspecified atom stereocenters. The second-order valence-electron chi connectivity index (χ2n) is 4.45. The normalized spacial score (nSPS) is 19.6. The summed E-state index contributed by atoms with van der Waals surface area (Å²) >= 11 is 5.89. The largest absolute Gasteiger partial charge is 0.381 e. The van der Waals surface area contributed by atoms with E-state index in [0.29, 0.717) is 0 Å². The second kappa shape index (κ2) is 5.17. The van der Waals surface area contributed by atoms with Crippen LogP contribution in [-0.2, 0) is 11.2 Å². The van der Waals surface area contributed by atoms with E-state index in [9.17, 15) is 0 Å². The fourth-order valence-electron chi connectivity index (χ4n) is 2.27. The number of likely N-dealkylation sites (N-methyl/N-ethyl adjacent to an activating group) is 1. The van der Waals surface area contributed by atoms with Gasteiger partial charge < -0.3 is 10.1 Å². The smallest absolute Gasteiger partial charge is 0.0483 e. The first-order valence-electron chi connectivity index (χ1n) is 5.75. The molecule has 1 heterocycles. The van der Waals surface area contributed by atoms with E-state index in [-0.39, 0.29) is 5.54 Å². The summed E-state index contributed by atoms with van der Waals surface area (Å²) in [7, 11) is 2.04. The van der Waals surface area contributed by atoms with E-state index >= 15 is 0 Å². The Labute approximate surface area is 102 Å².